The van der Waals surface area contributed by atoms with Gasteiger partial charge in [0.2, 0.25) is 5.91 Å². The zero-order chi connectivity index (χ0) is 18.9. The topological polar surface area (TPSA) is 54.3 Å². The molecule has 27 heavy (non-hydrogen) atoms. The van der Waals surface area contributed by atoms with Crippen molar-refractivity contribution in [2.75, 3.05) is 19.6 Å². The Morgan fingerprint density at radius 2 is 1.85 bits per heavy atom. The van der Waals surface area contributed by atoms with Gasteiger partial charge in [-0.3, -0.25) is 19.4 Å². The smallest absolute Gasteiger partial charge is 0.229 e. The van der Waals surface area contributed by atoms with E-state index in [4.69, 9.17) is 0 Å². The van der Waals surface area contributed by atoms with Gasteiger partial charge in [0.25, 0.3) is 0 Å². The van der Waals surface area contributed by atoms with E-state index in [1.807, 2.05) is 23.9 Å². The van der Waals surface area contributed by atoms with Crippen molar-refractivity contribution in [2.24, 2.45) is 12.5 Å². The van der Waals surface area contributed by atoms with E-state index in [0.717, 1.165) is 63.1 Å². The van der Waals surface area contributed by atoms with Gasteiger partial charge in [-0.15, -0.1) is 0 Å². The number of carbonyl (C=O) groups excluding carboxylic acids is 1. The number of carbonyl (C=O) groups is 1. The van der Waals surface area contributed by atoms with Crippen molar-refractivity contribution in [1.82, 2.24) is 24.6 Å². The lowest BCUT2D eigenvalue weighted by Gasteiger charge is -2.27. The maximum atomic E-state index is 13.2. The lowest BCUT2D eigenvalue weighted by atomic mass is 9.79. The molecular formula is C21H29N5O. The average molecular weight is 367 g/mol. The Morgan fingerprint density at radius 1 is 1.07 bits per heavy atom. The number of nitrogens with zero attached hydrogens (tertiary/aromatic N) is 5. The van der Waals surface area contributed by atoms with Gasteiger partial charge in [0.1, 0.15) is 0 Å². The molecule has 1 spiro atoms. The first-order valence-electron chi connectivity index (χ1n) is 9.95. The van der Waals surface area contributed by atoms with E-state index in [1.54, 1.807) is 12.4 Å². The number of aryl methyl sites for hydroxylation is 2. The molecule has 0 aliphatic carbocycles. The summed E-state index contributed by atoms with van der Waals surface area (Å²) in [7, 11) is 1.97. The molecule has 2 aliphatic heterocycles. The lowest BCUT2D eigenvalue weighted by molar-refractivity contribution is -0.137. The minimum absolute atomic E-state index is 0.147. The third-order valence-electron chi connectivity index (χ3n) is 6.27. The van der Waals surface area contributed by atoms with Crippen molar-refractivity contribution in [2.45, 2.75) is 45.7 Å². The first-order chi connectivity index (χ1) is 13.1. The Bertz CT molecular complexity index is 802. The van der Waals surface area contributed by atoms with Gasteiger partial charge in [0.15, 0.2) is 0 Å². The number of pyridine rings is 1. The second kappa shape index (κ2) is 7.43. The van der Waals surface area contributed by atoms with Gasteiger partial charge >= 0.3 is 0 Å². The van der Waals surface area contributed by atoms with Gasteiger partial charge < -0.3 is 4.90 Å². The Kier molecular flexibility index (Phi) is 5.00. The summed E-state index contributed by atoms with van der Waals surface area (Å²) in [6.07, 6.45) is 9.79. The Labute approximate surface area is 161 Å². The molecule has 0 radical (unpaired) electrons. The standard InChI is InChI=1S/C21H29N5O/c1-17-19(15-24(2)23-17)16-25-11-3-6-21(7-12-25)8-13-26(20(21)27)14-18-4-9-22-10-5-18/h4-5,9-10,15H,3,6-8,11-14,16H2,1-2H3/t21-/m1/s1. The van der Waals surface area contributed by atoms with E-state index in [2.05, 4.69) is 33.0 Å². The van der Waals surface area contributed by atoms with Gasteiger partial charge in [-0.05, 0) is 63.4 Å². The van der Waals surface area contributed by atoms with Crippen LogP contribution in [-0.2, 0) is 24.9 Å². The summed E-state index contributed by atoms with van der Waals surface area (Å²) in [6, 6.07) is 4.01. The van der Waals surface area contributed by atoms with E-state index >= 15 is 0 Å². The average Bonchev–Trinajstić information content (AvgIpc) is 3.04. The predicted octanol–water partition coefficient (Wildman–Crippen LogP) is 2.53. The molecule has 0 N–H and O–H groups in total. The van der Waals surface area contributed by atoms with Crippen molar-refractivity contribution in [1.29, 1.82) is 0 Å². The van der Waals surface area contributed by atoms with E-state index in [0.29, 0.717) is 12.5 Å². The molecule has 144 valence electrons. The number of hydrogen-bond donors (Lipinski definition) is 0. The largest absolute Gasteiger partial charge is 0.338 e. The molecule has 6 heteroatoms. The highest BCUT2D eigenvalue weighted by Crippen LogP contribution is 2.42. The summed E-state index contributed by atoms with van der Waals surface area (Å²) in [5.74, 6) is 0.360. The van der Waals surface area contributed by atoms with Crippen LogP contribution in [0.2, 0.25) is 0 Å². The molecule has 0 bridgehead atoms. The van der Waals surface area contributed by atoms with Gasteiger partial charge in [-0.25, -0.2) is 0 Å². The van der Waals surface area contributed by atoms with Crippen LogP contribution >= 0.6 is 0 Å². The molecule has 0 unspecified atom stereocenters. The van der Waals surface area contributed by atoms with Crippen LogP contribution in [0.15, 0.2) is 30.7 Å². The molecule has 2 aromatic heterocycles. The second-order valence-electron chi connectivity index (χ2n) is 8.16. The number of amides is 1. The normalized spacial score (nSPS) is 23.9. The van der Waals surface area contributed by atoms with Crippen LogP contribution in [0, 0.1) is 12.3 Å². The fourth-order valence-corrected chi connectivity index (χ4v) is 4.67. The molecular weight excluding hydrogens is 338 g/mol. The fourth-order valence-electron chi connectivity index (χ4n) is 4.67. The highest BCUT2D eigenvalue weighted by Gasteiger charge is 2.46. The van der Waals surface area contributed by atoms with Crippen molar-refractivity contribution in [3.63, 3.8) is 0 Å². The number of aromatic nitrogens is 3. The Balaban J connectivity index is 1.40. The molecule has 0 saturated carbocycles. The lowest BCUT2D eigenvalue weighted by Crippen LogP contribution is -2.35. The van der Waals surface area contributed by atoms with Crippen LogP contribution in [0.5, 0.6) is 0 Å². The molecule has 1 amide bonds. The minimum Gasteiger partial charge on any atom is -0.338 e. The Morgan fingerprint density at radius 3 is 2.59 bits per heavy atom. The zero-order valence-corrected chi connectivity index (χ0v) is 16.4. The van der Waals surface area contributed by atoms with Gasteiger partial charge in [-0.2, -0.15) is 5.10 Å². The second-order valence-corrected chi connectivity index (χ2v) is 8.16. The summed E-state index contributed by atoms with van der Waals surface area (Å²) >= 11 is 0. The fraction of sp³-hybridized carbons (Fsp3) is 0.571. The van der Waals surface area contributed by atoms with Crippen LogP contribution < -0.4 is 0 Å². The van der Waals surface area contributed by atoms with Gasteiger partial charge in [-0.1, -0.05) is 0 Å². The molecule has 2 aliphatic rings. The van der Waals surface area contributed by atoms with Crippen molar-refractivity contribution in [3.05, 3.63) is 47.5 Å². The molecule has 4 rings (SSSR count). The molecule has 6 nitrogen and oxygen atoms in total. The van der Waals surface area contributed by atoms with Crippen LogP contribution in [0.25, 0.3) is 0 Å². The summed E-state index contributed by atoms with van der Waals surface area (Å²) in [5, 5.41) is 4.46. The van der Waals surface area contributed by atoms with Crippen molar-refractivity contribution >= 4 is 5.91 Å². The number of likely N-dealkylation sites (tertiary alicyclic amines) is 2. The van der Waals surface area contributed by atoms with Crippen LogP contribution in [-0.4, -0.2) is 50.1 Å². The molecule has 2 fully saturated rings. The molecule has 2 saturated heterocycles. The summed E-state index contributed by atoms with van der Waals surface area (Å²) in [4.78, 5) is 21.9. The summed E-state index contributed by atoms with van der Waals surface area (Å²) < 4.78 is 1.89. The SMILES string of the molecule is Cc1nn(C)cc1CN1CCC[C@@]2(CC1)CCN(Cc1ccncc1)C2=O. The Hall–Kier alpha value is -2.21. The third-order valence-corrected chi connectivity index (χ3v) is 6.27. The van der Waals surface area contributed by atoms with E-state index in [9.17, 15) is 4.79 Å². The van der Waals surface area contributed by atoms with Crippen LogP contribution in [0.4, 0.5) is 0 Å². The van der Waals surface area contributed by atoms with Crippen molar-refractivity contribution in [3.8, 4) is 0 Å². The third kappa shape index (κ3) is 3.76. The van der Waals surface area contributed by atoms with Crippen LogP contribution in [0.3, 0.4) is 0 Å². The first kappa shape index (κ1) is 18.2. The number of rotatable bonds is 4. The molecule has 4 heterocycles. The van der Waals surface area contributed by atoms with Gasteiger partial charge in [0.05, 0.1) is 11.1 Å². The summed E-state index contributed by atoms with van der Waals surface area (Å²) in [6.45, 7) is 6.65. The van der Waals surface area contributed by atoms with Gasteiger partial charge in [0, 0.05) is 50.8 Å². The summed E-state index contributed by atoms with van der Waals surface area (Å²) in [5.41, 5.74) is 3.42. The molecule has 1 atom stereocenters. The molecule has 2 aromatic rings. The minimum atomic E-state index is -0.147. The van der Waals surface area contributed by atoms with E-state index < -0.39 is 0 Å². The number of hydrogen-bond acceptors (Lipinski definition) is 4. The maximum Gasteiger partial charge on any atom is 0.229 e. The van der Waals surface area contributed by atoms with E-state index in [-0.39, 0.29) is 5.41 Å². The molecule has 0 aromatic carbocycles. The predicted molar refractivity (Wildman–Crippen MR) is 104 cm³/mol. The first-order valence-corrected chi connectivity index (χ1v) is 9.95. The monoisotopic (exact) mass is 367 g/mol. The zero-order valence-electron chi connectivity index (χ0n) is 16.4. The quantitative estimate of drug-likeness (QED) is 0.833. The highest BCUT2D eigenvalue weighted by molar-refractivity contribution is 5.84. The highest BCUT2D eigenvalue weighted by atomic mass is 16.2. The maximum absolute atomic E-state index is 13.2. The van der Waals surface area contributed by atoms with Crippen molar-refractivity contribution < 1.29 is 4.79 Å². The van der Waals surface area contributed by atoms with E-state index in [1.165, 1.54) is 5.56 Å². The van der Waals surface area contributed by atoms with Crippen LogP contribution in [0.1, 0.15) is 42.5 Å².